The summed E-state index contributed by atoms with van der Waals surface area (Å²) in [6.45, 7) is 8.22. The molecule has 2 heterocycles. The highest BCUT2D eigenvalue weighted by molar-refractivity contribution is 7.88. The van der Waals surface area contributed by atoms with Gasteiger partial charge in [0.05, 0.1) is 11.8 Å². The Balaban J connectivity index is 1.81. The quantitative estimate of drug-likeness (QED) is 0.550. The number of aryl methyl sites for hydroxylation is 1. The largest absolute Gasteiger partial charge is 0.480 e. The minimum Gasteiger partial charge on any atom is -0.480 e. The summed E-state index contributed by atoms with van der Waals surface area (Å²) in [6, 6.07) is 6.81. The Kier molecular flexibility index (Phi) is 8.77. The lowest BCUT2D eigenvalue weighted by atomic mass is 9.92. The molecule has 0 aromatic heterocycles. The lowest BCUT2D eigenvalue weighted by molar-refractivity contribution is -0.137. The van der Waals surface area contributed by atoms with E-state index in [1.54, 1.807) is 0 Å². The van der Waals surface area contributed by atoms with Crippen LogP contribution in [0.2, 0.25) is 0 Å². The van der Waals surface area contributed by atoms with Gasteiger partial charge in [-0.25, -0.2) is 17.5 Å². The van der Waals surface area contributed by atoms with Crippen molar-refractivity contribution in [1.29, 1.82) is 0 Å². The van der Waals surface area contributed by atoms with Crippen LogP contribution < -0.4 is 0 Å². The zero-order valence-corrected chi connectivity index (χ0v) is 21.9. The first-order chi connectivity index (χ1) is 16.6. The van der Waals surface area contributed by atoms with Gasteiger partial charge in [0, 0.05) is 24.8 Å². The molecule has 8 nitrogen and oxygen atoms in total. The van der Waals surface area contributed by atoms with Gasteiger partial charge in [0.1, 0.15) is 6.54 Å². The summed E-state index contributed by atoms with van der Waals surface area (Å²) in [6.07, 6.45) is 7.37. The van der Waals surface area contributed by atoms with Crippen LogP contribution in [0.1, 0.15) is 51.2 Å². The van der Waals surface area contributed by atoms with Crippen LogP contribution in [0.3, 0.4) is 0 Å². The predicted octanol–water partition coefficient (Wildman–Crippen LogP) is 3.99. The summed E-state index contributed by atoms with van der Waals surface area (Å²) in [5.41, 5.74) is 2.48. The maximum atomic E-state index is 13.5. The Morgan fingerprint density at radius 2 is 1.94 bits per heavy atom. The van der Waals surface area contributed by atoms with E-state index in [0.717, 1.165) is 17.5 Å². The molecule has 192 valence electrons. The van der Waals surface area contributed by atoms with Crippen molar-refractivity contribution >= 4 is 22.0 Å². The average molecular weight is 504 g/mol. The second-order valence-corrected chi connectivity index (χ2v) is 11.5. The van der Waals surface area contributed by atoms with Crippen molar-refractivity contribution in [3.05, 3.63) is 59.3 Å². The summed E-state index contributed by atoms with van der Waals surface area (Å²) in [7, 11) is -3.48. The van der Waals surface area contributed by atoms with Crippen LogP contribution in [0.4, 0.5) is 4.79 Å². The average Bonchev–Trinajstić information content (AvgIpc) is 3.07. The number of hydrogen-bond acceptors (Lipinski definition) is 4. The minimum atomic E-state index is -3.48. The zero-order chi connectivity index (χ0) is 25.8. The minimum absolute atomic E-state index is 0.0416. The molecule has 0 bridgehead atoms. The lowest BCUT2D eigenvalue weighted by Gasteiger charge is -2.39. The van der Waals surface area contributed by atoms with Crippen LogP contribution in [0.15, 0.2) is 48.2 Å². The number of allylic oxidation sites excluding steroid dienone is 3. The third-order valence-corrected chi connectivity index (χ3v) is 8.79. The molecular weight excluding hydrogens is 466 g/mol. The topological polar surface area (TPSA) is 98.2 Å². The Bertz CT molecular complexity index is 1090. The SMILES string of the molecule is CC=CC=C1C(C(C)CC)N(C2CCN(S(=O)(=O)Cc3cccc(C)c3)CC2)C(=O)N1CC(=O)O. The second kappa shape index (κ2) is 11.4. The fourth-order valence-electron chi connectivity index (χ4n) is 5.02. The lowest BCUT2D eigenvalue weighted by Crippen LogP contribution is -2.51. The second-order valence-electron chi connectivity index (χ2n) is 9.49. The fourth-order valence-corrected chi connectivity index (χ4v) is 6.57. The molecule has 35 heavy (non-hydrogen) atoms. The highest BCUT2D eigenvalue weighted by Gasteiger charge is 2.48. The number of carbonyl (C=O) groups excluding carboxylic acids is 1. The number of nitrogens with zero attached hydrogens (tertiary/aromatic N) is 3. The molecule has 2 aliphatic rings. The van der Waals surface area contributed by atoms with Gasteiger partial charge in [0.25, 0.3) is 0 Å². The standard InChI is InChI=1S/C26H37N3O5S/c1-5-7-11-23-25(20(4)6-2)29(26(32)28(23)17-24(30)31)22-12-14-27(15-13-22)35(33,34)18-21-10-8-9-19(3)16-21/h5,7-11,16,20,22,25H,6,12-15,17-18H2,1-4H3,(H,30,31). The summed E-state index contributed by atoms with van der Waals surface area (Å²) in [5, 5.41) is 9.45. The molecule has 2 amide bonds. The van der Waals surface area contributed by atoms with Gasteiger partial charge in [-0.3, -0.25) is 9.69 Å². The van der Waals surface area contributed by atoms with Crippen molar-refractivity contribution in [2.75, 3.05) is 19.6 Å². The maximum Gasteiger partial charge on any atom is 0.325 e. The molecule has 1 aromatic rings. The summed E-state index contributed by atoms with van der Waals surface area (Å²) in [5.74, 6) is -0.982. The number of carboxylic acid groups (broad SMARTS) is 1. The Morgan fingerprint density at radius 3 is 2.51 bits per heavy atom. The molecule has 0 saturated carbocycles. The third-order valence-electron chi connectivity index (χ3n) is 6.94. The molecular formula is C26H37N3O5S. The predicted molar refractivity (Wildman–Crippen MR) is 136 cm³/mol. The van der Waals surface area contributed by atoms with Crippen LogP contribution in [0.5, 0.6) is 0 Å². The van der Waals surface area contributed by atoms with Crippen LogP contribution >= 0.6 is 0 Å². The highest BCUT2D eigenvalue weighted by atomic mass is 32.2. The number of urea groups is 1. The number of benzene rings is 1. The molecule has 2 atom stereocenters. The van der Waals surface area contributed by atoms with E-state index in [1.165, 1.54) is 9.21 Å². The van der Waals surface area contributed by atoms with Crippen molar-refractivity contribution in [2.45, 2.75) is 64.8 Å². The van der Waals surface area contributed by atoms with E-state index in [0.29, 0.717) is 31.6 Å². The summed E-state index contributed by atoms with van der Waals surface area (Å²) in [4.78, 5) is 28.2. The van der Waals surface area contributed by atoms with E-state index in [9.17, 15) is 23.1 Å². The Labute approximate surface area is 208 Å². The first-order valence-electron chi connectivity index (χ1n) is 12.3. The van der Waals surface area contributed by atoms with Crippen molar-refractivity contribution in [3.8, 4) is 0 Å². The third kappa shape index (κ3) is 6.13. The molecule has 9 heteroatoms. The van der Waals surface area contributed by atoms with Gasteiger partial charge in [0.2, 0.25) is 10.0 Å². The molecule has 3 rings (SSSR count). The molecule has 2 fully saturated rings. The first-order valence-corrected chi connectivity index (χ1v) is 13.9. The smallest absolute Gasteiger partial charge is 0.325 e. The number of carboxylic acids is 1. The van der Waals surface area contributed by atoms with Crippen LogP contribution in [0.25, 0.3) is 0 Å². The van der Waals surface area contributed by atoms with E-state index < -0.39 is 22.5 Å². The number of sulfonamides is 1. The molecule has 2 saturated heterocycles. The molecule has 0 aliphatic carbocycles. The highest BCUT2D eigenvalue weighted by Crippen LogP contribution is 2.37. The van der Waals surface area contributed by atoms with Gasteiger partial charge in [-0.05, 0) is 44.2 Å². The molecule has 0 spiro atoms. The van der Waals surface area contributed by atoms with E-state index >= 15 is 0 Å². The van der Waals surface area contributed by atoms with Gasteiger partial charge in [-0.1, -0.05) is 62.2 Å². The normalized spacial score (nSPS) is 22.5. The van der Waals surface area contributed by atoms with Crippen molar-refractivity contribution in [3.63, 3.8) is 0 Å². The Hall–Kier alpha value is -2.65. The van der Waals surface area contributed by atoms with Crippen molar-refractivity contribution < 1.29 is 23.1 Å². The molecule has 1 aromatic carbocycles. The van der Waals surface area contributed by atoms with E-state index in [-0.39, 0.29) is 29.8 Å². The summed E-state index contributed by atoms with van der Waals surface area (Å²) < 4.78 is 27.7. The number of hydrogen-bond donors (Lipinski definition) is 1. The number of rotatable bonds is 9. The van der Waals surface area contributed by atoms with Crippen LogP contribution in [-0.2, 0) is 20.6 Å². The fraction of sp³-hybridized carbons (Fsp3) is 0.538. The zero-order valence-electron chi connectivity index (χ0n) is 21.1. The van der Waals surface area contributed by atoms with E-state index in [4.69, 9.17) is 0 Å². The molecule has 1 N–H and O–H groups in total. The molecule has 2 unspecified atom stereocenters. The number of amides is 2. The molecule has 2 aliphatic heterocycles. The van der Waals surface area contributed by atoms with Crippen LogP contribution in [0, 0.1) is 12.8 Å². The summed E-state index contributed by atoms with van der Waals surface area (Å²) >= 11 is 0. The van der Waals surface area contributed by atoms with Gasteiger partial charge < -0.3 is 10.0 Å². The number of piperidine rings is 1. The van der Waals surface area contributed by atoms with Gasteiger partial charge in [0.15, 0.2) is 0 Å². The van der Waals surface area contributed by atoms with E-state index in [2.05, 4.69) is 13.8 Å². The monoisotopic (exact) mass is 503 g/mol. The van der Waals surface area contributed by atoms with Crippen molar-refractivity contribution in [2.24, 2.45) is 5.92 Å². The Morgan fingerprint density at radius 1 is 1.26 bits per heavy atom. The first kappa shape index (κ1) is 26.9. The van der Waals surface area contributed by atoms with E-state index in [1.807, 2.05) is 61.2 Å². The van der Waals surface area contributed by atoms with Gasteiger partial charge in [-0.2, -0.15) is 0 Å². The number of aliphatic carboxylic acids is 1. The van der Waals surface area contributed by atoms with Crippen LogP contribution in [-0.4, -0.2) is 71.3 Å². The number of carbonyl (C=O) groups is 2. The van der Waals surface area contributed by atoms with Gasteiger partial charge >= 0.3 is 12.0 Å². The molecule has 0 radical (unpaired) electrons. The maximum absolute atomic E-state index is 13.5. The van der Waals surface area contributed by atoms with Crippen molar-refractivity contribution in [1.82, 2.24) is 14.1 Å². The van der Waals surface area contributed by atoms with Gasteiger partial charge in [-0.15, -0.1) is 0 Å².